The van der Waals surface area contributed by atoms with Crippen molar-refractivity contribution in [2.24, 2.45) is 11.8 Å². The van der Waals surface area contributed by atoms with E-state index in [1.807, 2.05) is 36.6 Å². The molecule has 3 rings (SSSR count). The summed E-state index contributed by atoms with van der Waals surface area (Å²) in [5, 5.41) is 10.6. The summed E-state index contributed by atoms with van der Waals surface area (Å²) in [5.41, 5.74) is 0.646. The van der Waals surface area contributed by atoms with Crippen LogP contribution in [-0.4, -0.2) is 23.8 Å². The van der Waals surface area contributed by atoms with E-state index in [0.29, 0.717) is 35.7 Å². The number of benzene rings is 1. The first-order valence-electron chi connectivity index (χ1n) is 9.71. The molecule has 2 aromatic heterocycles. The zero-order chi connectivity index (χ0) is 20.4. The van der Waals surface area contributed by atoms with Gasteiger partial charge in [-0.15, -0.1) is 0 Å². The standard InChI is InChI=1S/C21H28N4O3/c1-14(2)10-23-13-22-19-18(23)20(27)25(21(28)24(19)11-15(3)4)12-17(26)16-8-6-5-7-9-16/h5-9,13-15,17,26H,10-12H2,1-4H3/t17-/m1/s1. The zero-order valence-corrected chi connectivity index (χ0v) is 16.9. The fraction of sp³-hybridized carbons (Fsp3) is 0.476. The minimum atomic E-state index is -0.946. The lowest BCUT2D eigenvalue weighted by Gasteiger charge is -2.17. The van der Waals surface area contributed by atoms with Crippen LogP contribution in [0.2, 0.25) is 0 Å². The molecule has 150 valence electrons. The van der Waals surface area contributed by atoms with Crippen molar-refractivity contribution in [1.29, 1.82) is 0 Å². The number of aromatic nitrogens is 4. The van der Waals surface area contributed by atoms with Gasteiger partial charge in [-0.25, -0.2) is 9.78 Å². The Morgan fingerprint density at radius 1 is 0.929 bits per heavy atom. The molecule has 1 N–H and O–H groups in total. The SMILES string of the molecule is CC(C)Cn1cnc2c1c(=O)n(C[C@@H](O)c1ccccc1)c(=O)n2CC(C)C. The van der Waals surface area contributed by atoms with Crippen LogP contribution in [0, 0.1) is 11.8 Å². The average Bonchev–Trinajstić information content (AvgIpc) is 3.05. The Morgan fingerprint density at radius 3 is 2.18 bits per heavy atom. The van der Waals surface area contributed by atoms with E-state index in [-0.39, 0.29) is 12.5 Å². The maximum Gasteiger partial charge on any atom is 0.332 e. The topological polar surface area (TPSA) is 82.1 Å². The quantitative estimate of drug-likeness (QED) is 0.678. The Labute approximate surface area is 163 Å². The van der Waals surface area contributed by atoms with Crippen molar-refractivity contribution < 1.29 is 5.11 Å². The zero-order valence-electron chi connectivity index (χ0n) is 16.9. The highest BCUT2D eigenvalue weighted by Gasteiger charge is 2.21. The lowest BCUT2D eigenvalue weighted by atomic mass is 10.1. The third-order valence-corrected chi connectivity index (χ3v) is 4.63. The summed E-state index contributed by atoms with van der Waals surface area (Å²) in [7, 11) is 0. The molecule has 0 aliphatic heterocycles. The van der Waals surface area contributed by atoms with Crippen molar-refractivity contribution in [1.82, 2.24) is 18.7 Å². The summed E-state index contributed by atoms with van der Waals surface area (Å²) < 4.78 is 4.50. The molecule has 3 aromatic rings. The highest BCUT2D eigenvalue weighted by molar-refractivity contribution is 5.70. The van der Waals surface area contributed by atoms with Crippen LogP contribution >= 0.6 is 0 Å². The Balaban J connectivity index is 2.18. The van der Waals surface area contributed by atoms with E-state index < -0.39 is 17.4 Å². The molecule has 0 saturated heterocycles. The van der Waals surface area contributed by atoms with Crippen molar-refractivity contribution in [3.63, 3.8) is 0 Å². The number of hydrogen-bond donors (Lipinski definition) is 1. The van der Waals surface area contributed by atoms with Gasteiger partial charge >= 0.3 is 5.69 Å². The smallest absolute Gasteiger partial charge is 0.332 e. The van der Waals surface area contributed by atoms with Crippen LogP contribution in [0.3, 0.4) is 0 Å². The van der Waals surface area contributed by atoms with Crippen molar-refractivity contribution in [2.75, 3.05) is 0 Å². The molecule has 2 heterocycles. The molecule has 0 spiro atoms. The predicted molar refractivity (Wildman–Crippen MR) is 109 cm³/mol. The molecule has 28 heavy (non-hydrogen) atoms. The Hall–Kier alpha value is -2.67. The summed E-state index contributed by atoms with van der Waals surface area (Å²) >= 11 is 0. The minimum Gasteiger partial charge on any atom is -0.387 e. The van der Waals surface area contributed by atoms with Crippen molar-refractivity contribution >= 4 is 11.2 Å². The molecule has 0 aliphatic rings. The van der Waals surface area contributed by atoms with E-state index in [0.717, 1.165) is 4.57 Å². The van der Waals surface area contributed by atoms with Gasteiger partial charge in [-0.2, -0.15) is 0 Å². The number of nitrogens with zero attached hydrogens (tertiary/aromatic N) is 4. The fourth-order valence-corrected chi connectivity index (χ4v) is 3.41. The second kappa shape index (κ2) is 8.14. The molecule has 0 amide bonds. The highest BCUT2D eigenvalue weighted by atomic mass is 16.3. The third-order valence-electron chi connectivity index (χ3n) is 4.63. The van der Waals surface area contributed by atoms with Gasteiger partial charge in [0.05, 0.1) is 19.0 Å². The lowest BCUT2D eigenvalue weighted by molar-refractivity contribution is 0.152. The van der Waals surface area contributed by atoms with Crippen LogP contribution in [-0.2, 0) is 19.6 Å². The van der Waals surface area contributed by atoms with Gasteiger partial charge < -0.3 is 9.67 Å². The van der Waals surface area contributed by atoms with Gasteiger partial charge in [0.25, 0.3) is 5.56 Å². The number of rotatable bonds is 7. The molecular weight excluding hydrogens is 356 g/mol. The molecule has 0 aliphatic carbocycles. The van der Waals surface area contributed by atoms with E-state index in [1.165, 1.54) is 0 Å². The first-order chi connectivity index (χ1) is 13.3. The minimum absolute atomic E-state index is 0.0947. The summed E-state index contributed by atoms with van der Waals surface area (Å²) in [6.45, 7) is 9.14. The van der Waals surface area contributed by atoms with Gasteiger partial charge in [0.1, 0.15) is 0 Å². The van der Waals surface area contributed by atoms with Crippen LogP contribution < -0.4 is 11.2 Å². The van der Waals surface area contributed by atoms with E-state index in [2.05, 4.69) is 18.8 Å². The van der Waals surface area contributed by atoms with Gasteiger partial charge in [-0.1, -0.05) is 58.0 Å². The summed E-state index contributed by atoms with van der Waals surface area (Å²) in [5.74, 6) is 0.534. The molecule has 0 saturated carbocycles. The summed E-state index contributed by atoms with van der Waals surface area (Å²) in [4.78, 5) is 30.7. The first kappa shape index (κ1) is 20.1. The number of hydrogen-bond acceptors (Lipinski definition) is 4. The number of fused-ring (bicyclic) bond motifs is 1. The molecule has 7 nitrogen and oxygen atoms in total. The van der Waals surface area contributed by atoms with Gasteiger partial charge in [-0.3, -0.25) is 13.9 Å². The Morgan fingerprint density at radius 2 is 1.57 bits per heavy atom. The average molecular weight is 384 g/mol. The largest absolute Gasteiger partial charge is 0.387 e. The van der Waals surface area contributed by atoms with E-state index in [1.54, 1.807) is 23.0 Å². The van der Waals surface area contributed by atoms with E-state index in [9.17, 15) is 14.7 Å². The predicted octanol–water partition coefficient (Wildman–Crippen LogP) is 2.41. The maximum atomic E-state index is 13.2. The van der Waals surface area contributed by atoms with Gasteiger partial charge in [0, 0.05) is 13.1 Å². The van der Waals surface area contributed by atoms with Crippen LogP contribution in [0.25, 0.3) is 11.2 Å². The van der Waals surface area contributed by atoms with Gasteiger partial charge in [-0.05, 0) is 17.4 Å². The van der Waals surface area contributed by atoms with Crippen molar-refractivity contribution in [3.8, 4) is 0 Å². The molecule has 7 heteroatoms. The number of aliphatic hydroxyl groups is 1. The Kier molecular flexibility index (Phi) is 5.84. The first-order valence-corrected chi connectivity index (χ1v) is 9.71. The van der Waals surface area contributed by atoms with E-state index in [4.69, 9.17) is 0 Å². The fourth-order valence-electron chi connectivity index (χ4n) is 3.41. The summed E-state index contributed by atoms with van der Waals surface area (Å²) in [6, 6.07) is 9.06. The normalized spacial score (nSPS) is 13.0. The second-order valence-corrected chi connectivity index (χ2v) is 8.09. The molecular formula is C21H28N4O3. The van der Waals surface area contributed by atoms with Crippen molar-refractivity contribution in [2.45, 2.75) is 53.4 Å². The molecule has 0 bridgehead atoms. The van der Waals surface area contributed by atoms with Crippen molar-refractivity contribution in [3.05, 3.63) is 63.1 Å². The van der Waals surface area contributed by atoms with Gasteiger partial charge in [0.2, 0.25) is 0 Å². The highest BCUT2D eigenvalue weighted by Crippen LogP contribution is 2.15. The van der Waals surface area contributed by atoms with Crippen LogP contribution in [0.15, 0.2) is 46.2 Å². The van der Waals surface area contributed by atoms with Crippen LogP contribution in [0.5, 0.6) is 0 Å². The second-order valence-electron chi connectivity index (χ2n) is 8.09. The van der Waals surface area contributed by atoms with Crippen LogP contribution in [0.4, 0.5) is 0 Å². The van der Waals surface area contributed by atoms with Gasteiger partial charge in [0.15, 0.2) is 11.2 Å². The Bertz CT molecular complexity index is 1060. The maximum absolute atomic E-state index is 13.2. The summed E-state index contributed by atoms with van der Waals surface area (Å²) in [6.07, 6.45) is 0.679. The molecule has 1 atom stereocenters. The lowest BCUT2D eigenvalue weighted by Crippen LogP contribution is -2.42. The van der Waals surface area contributed by atoms with Crippen LogP contribution in [0.1, 0.15) is 39.4 Å². The molecule has 1 aromatic carbocycles. The van der Waals surface area contributed by atoms with E-state index >= 15 is 0 Å². The monoisotopic (exact) mass is 384 g/mol. The molecule has 0 radical (unpaired) electrons. The number of imidazole rings is 1. The number of aliphatic hydroxyl groups excluding tert-OH is 1. The third kappa shape index (κ3) is 3.94. The molecule has 0 fully saturated rings. The molecule has 0 unspecified atom stereocenters.